The number of nitrogens with zero attached hydrogens (tertiary/aromatic N) is 2. The molecule has 1 aromatic heterocycles. The highest BCUT2D eigenvalue weighted by Crippen LogP contribution is 2.30. The lowest BCUT2D eigenvalue weighted by molar-refractivity contribution is -0.133. The maximum absolute atomic E-state index is 13.5. The molecule has 1 saturated heterocycles. The van der Waals surface area contributed by atoms with Crippen molar-refractivity contribution in [1.29, 1.82) is 0 Å². The van der Waals surface area contributed by atoms with Gasteiger partial charge in [-0.3, -0.25) is 14.5 Å². The third-order valence-electron chi connectivity index (χ3n) is 5.98. The molecule has 0 saturated carbocycles. The van der Waals surface area contributed by atoms with Crippen LogP contribution in [0.3, 0.4) is 0 Å². The second kappa shape index (κ2) is 11.6. The van der Waals surface area contributed by atoms with E-state index in [4.69, 9.17) is 4.42 Å². The molecule has 1 aliphatic rings. The summed E-state index contributed by atoms with van der Waals surface area (Å²) in [6.07, 6.45) is 4.67. The minimum Gasteiger partial charge on any atom is -0.465 e. The molecular weight excluding hydrogens is 452 g/mol. The molecule has 3 aromatic rings. The van der Waals surface area contributed by atoms with Crippen LogP contribution in [-0.4, -0.2) is 54.3 Å². The highest BCUT2D eigenvalue weighted by Gasteiger charge is 2.28. The Bertz CT molecular complexity index is 1090. The van der Waals surface area contributed by atoms with Crippen LogP contribution in [0.15, 0.2) is 77.4 Å². The molecule has 0 bridgehead atoms. The molecule has 2 amide bonds. The molecule has 6 nitrogen and oxygen atoms in total. The second-order valence-corrected chi connectivity index (χ2v) is 8.31. The third-order valence-corrected chi connectivity index (χ3v) is 5.98. The summed E-state index contributed by atoms with van der Waals surface area (Å²) >= 11 is 0. The minimum absolute atomic E-state index is 0.0277. The first-order valence-electron chi connectivity index (χ1n) is 11.5. The number of rotatable bonds is 8. The van der Waals surface area contributed by atoms with E-state index in [1.165, 1.54) is 36.6 Å². The van der Waals surface area contributed by atoms with Crippen molar-refractivity contribution in [1.82, 2.24) is 15.1 Å². The average Bonchev–Trinajstić information content (AvgIpc) is 3.39. The van der Waals surface area contributed by atoms with Crippen LogP contribution in [0.1, 0.15) is 29.3 Å². The first kappa shape index (κ1) is 24.3. The van der Waals surface area contributed by atoms with Gasteiger partial charge in [0, 0.05) is 45.2 Å². The van der Waals surface area contributed by atoms with Gasteiger partial charge in [-0.15, -0.1) is 0 Å². The molecule has 1 fully saturated rings. The Labute approximate surface area is 202 Å². The van der Waals surface area contributed by atoms with Gasteiger partial charge in [0.1, 0.15) is 17.4 Å². The van der Waals surface area contributed by atoms with Crippen molar-refractivity contribution in [2.75, 3.05) is 32.7 Å². The van der Waals surface area contributed by atoms with Crippen molar-refractivity contribution in [3.63, 3.8) is 0 Å². The first-order chi connectivity index (χ1) is 17.0. The van der Waals surface area contributed by atoms with Crippen molar-refractivity contribution in [3.05, 3.63) is 102 Å². The number of amides is 2. The summed E-state index contributed by atoms with van der Waals surface area (Å²) in [4.78, 5) is 28.6. The van der Waals surface area contributed by atoms with Gasteiger partial charge in [0.05, 0.1) is 12.3 Å². The molecule has 182 valence electrons. The third kappa shape index (κ3) is 6.64. The topological polar surface area (TPSA) is 65.8 Å². The number of carbonyl (C=O) groups is 2. The Kier molecular flexibility index (Phi) is 8.05. The SMILES string of the molecule is O=C(/C=C/c1ccco1)NCCC(=O)N1CCN(C(c2ccc(F)cc2)c2ccc(F)cc2)CC1. The van der Waals surface area contributed by atoms with Crippen LogP contribution < -0.4 is 5.32 Å². The van der Waals surface area contributed by atoms with E-state index >= 15 is 0 Å². The molecule has 0 spiro atoms. The minimum atomic E-state index is -0.314. The lowest BCUT2D eigenvalue weighted by Gasteiger charge is -2.40. The molecule has 0 atom stereocenters. The Morgan fingerprint density at radius 2 is 1.51 bits per heavy atom. The van der Waals surface area contributed by atoms with Gasteiger partial charge in [0.25, 0.3) is 0 Å². The monoisotopic (exact) mass is 479 g/mol. The van der Waals surface area contributed by atoms with Gasteiger partial charge in [-0.25, -0.2) is 8.78 Å². The number of halogens is 2. The lowest BCUT2D eigenvalue weighted by atomic mass is 9.96. The maximum Gasteiger partial charge on any atom is 0.244 e. The van der Waals surface area contributed by atoms with Crippen molar-refractivity contribution in [2.45, 2.75) is 12.5 Å². The van der Waals surface area contributed by atoms with E-state index < -0.39 is 0 Å². The van der Waals surface area contributed by atoms with Crippen molar-refractivity contribution in [3.8, 4) is 0 Å². The highest BCUT2D eigenvalue weighted by molar-refractivity contribution is 5.91. The van der Waals surface area contributed by atoms with E-state index in [0.29, 0.717) is 31.9 Å². The molecule has 0 radical (unpaired) electrons. The first-order valence-corrected chi connectivity index (χ1v) is 11.5. The van der Waals surface area contributed by atoms with Crippen LogP contribution in [0.25, 0.3) is 6.08 Å². The van der Waals surface area contributed by atoms with Crippen molar-refractivity contribution >= 4 is 17.9 Å². The zero-order chi connectivity index (χ0) is 24.6. The number of piperazine rings is 1. The van der Waals surface area contributed by atoms with E-state index in [0.717, 1.165) is 11.1 Å². The number of furan rings is 1. The van der Waals surface area contributed by atoms with Crippen molar-refractivity contribution < 1.29 is 22.8 Å². The molecule has 0 unspecified atom stereocenters. The number of nitrogens with one attached hydrogen (secondary N) is 1. The largest absolute Gasteiger partial charge is 0.465 e. The Hall–Kier alpha value is -3.78. The van der Waals surface area contributed by atoms with Gasteiger partial charge < -0.3 is 14.6 Å². The maximum atomic E-state index is 13.5. The zero-order valence-corrected chi connectivity index (χ0v) is 19.2. The fourth-order valence-electron chi connectivity index (χ4n) is 4.19. The van der Waals surface area contributed by atoms with E-state index in [1.54, 1.807) is 47.4 Å². The summed E-state index contributed by atoms with van der Waals surface area (Å²) in [7, 11) is 0. The predicted molar refractivity (Wildman–Crippen MR) is 128 cm³/mol. The summed E-state index contributed by atoms with van der Waals surface area (Å²) in [5.41, 5.74) is 1.81. The van der Waals surface area contributed by atoms with E-state index in [9.17, 15) is 18.4 Å². The predicted octanol–water partition coefficient (Wildman–Crippen LogP) is 4.01. The molecule has 1 N–H and O–H groups in total. The van der Waals surface area contributed by atoms with Gasteiger partial charge in [-0.1, -0.05) is 24.3 Å². The molecule has 0 aliphatic carbocycles. The van der Waals surface area contributed by atoms with E-state index in [1.807, 2.05) is 0 Å². The van der Waals surface area contributed by atoms with E-state index in [2.05, 4.69) is 10.2 Å². The van der Waals surface area contributed by atoms with Gasteiger partial charge in [0.15, 0.2) is 0 Å². The standard InChI is InChI=1S/C27H27F2N3O3/c28-22-7-3-20(4-8-22)27(21-5-9-23(29)10-6-21)32-17-15-31(16-18-32)26(34)13-14-30-25(33)12-11-24-2-1-19-35-24/h1-12,19,27H,13-18H2,(H,30,33)/b12-11+. The average molecular weight is 480 g/mol. The summed E-state index contributed by atoms with van der Waals surface area (Å²) in [6, 6.07) is 15.9. The molecule has 8 heteroatoms. The quantitative estimate of drug-likeness (QED) is 0.496. The number of carbonyl (C=O) groups excluding carboxylic acids is 2. The van der Waals surface area contributed by atoms with Crippen LogP contribution in [0.4, 0.5) is 8.78 Å². The molecule has 4 rings (SSSR count). The Morgan fingerprint density at radius 1 is 0.914 bits per heavy atom. The second-order valence-electron chi connectivity index (χ2n) is 8.31. The van der Waals surface area contributed by atoms with Crippen LogP contribution in [0.5, 0.6) is 0 Å². The van der Waals surface area contributed by atoms with Crippen molar-refractivity contribution in [2.24, 2.45) is 0 Å². The van der Waals surface area contributed by atoms with Crippen LogP contribution in [0, 0.1) is 11.6 Å². The number of hydrogen-bond acceptors (Lipinski definition) is 4. The highest BCUT2D eigenvalue weighted by atomic mass is 19.1. The molecular formula is C27H27F2N3O3. The van der Waals surface area contributed by atoms with Gasteiger partial charge in [-0.2, -0.15) is 0 Å². The van der Waals surface area contributed by atoms with Crippen LogP contribution in [-0.2, 0) is 9.59 Å². The molecule has 1 aliphatic heterocycles. The fourth-order valence-corrected chi connectivity index (χ4v) is 4.19. The molecule has 2 aromatic carbocycles. The summed E-state index contributed by atoms with van der Waals surface area (Å²) in [6.45, 7) is 2.54. The van der Waals surface area contributed by atoms with Crippen LogP contribution in [0.2, 0.25) is 0 Å². The van der Waals surface area contributed by atoms with Crippen LogP contribution >= 0.6 is 0 Å². The van der Waals surface area contributed by atoms with Gasteiger partial charge in [0.2, 0.25) is 11.8 Å². The lowest BCUT2D eigenvalue weighted by Crippen LogP contribution is -2.50. The number of hydrogen-bond donors (Lipinski definition) is 1. The Morgan fingerprint density at radius 3 is 2.06 bits per heavy atom. The molecule has 35 heavy (non-hydrogen) atoms. The smallest absolute Gasteiger partial charge is 0.244 e. The normalized spacial score (nSPS) is 14.5. The number of benzene rings is 2. The van der Waals surface area contributed by atoms with Gasteiger partial charge in [-0.05, 0) is 53.6 Å². The van der Waals surface area contributed by atoms with Gasteiger partial charge >= 0.3 is 0 Å². The zero-order valence-electron chi connectivity index (χ0n) is 19.2. The summed E-state index contributed by atoms with van der Waals surface area (Å²) in [5.74, 6) is -0.370. The fraction of sp³-hybridized carbons (Fsp3) is 0.259. The molecule has 2 heterocycles. The van der Waals surface area contributed by atoms with E-state index in [-0.39, 0.29) is 42.5 Å². The summed E-state index contributed by atoms with van der Waals surface area (Å²) < 4.78 is 32.1. The Balaban J connectivity index is 1.31. The summed E-state index contributed by atoms with van der Waals surface area (Å²) in [5, 5.41) is 2.71.